The molecule has 0 saturated heterocycles. The Labute approximate surface area is 121 Å². The van der Waals surface area contributed by atoms with Crippen LogP contribution in [0.15, 0.2) is 18.2 Å². The number of hydrogen-bond donors (Lipinski definition) is 4. The third-order valence-electron chi connectivity index (χ3n) is 2.51. The molecule has 8 heteroatoms. The van der Waals surface area contributed by atoms with Crippen molar-refractivity contribution < 1.29 is 24.2 Å². The van der Waals surface area contributed by atoms with Crippen LogP contribution in [-0.4, -0.2) is 36.0 Å². The van der Waals surface area contributed by atoms with E-state index in [9.17, 15) is 14.4 Å². The van der Waals surface area contributed by atoms with E-state index in [4.69, 9.17) is 15.6 Å². The highest BCUT2D eigenvalue weighted by Crippen LogP contribution is 2.28. The van der Waals surface area contributed by atoms with Gasteiger partial charge >= 0.3 is 5.97 Å². The fourth-order valence-corrected chi connectivity index (χ4v) is 1.59. The number of nitrogens with two attached hydrogens (primary N) is 1. The van der Waals surface area contributed by atoms with Gasteiger partial charge in [0, 0.05) is 12.6 Å². The summed E-state index contributed by atoms with van der Waals surface area (Å²) in [5, 5.41) is 13.6. The first kappa shape index (κ1) is 16.4. The summed E-state index contributed by atoms with van der Waals surface area (Å²) in [4.78, 5) is 33.4. The molecule has 0 aliphatic rings. The van der Waals surface area contributed by atoms with Crippen molar-refractivity contribution in [2.75, 3.05) is 17.7 Å². The SMILES string of the molecule is COc1ccc(NC(C)=O)cc1NC(=O)C(N)CC(=O)O. The molecule has 0 aliphatic heterocycles. The Bertz CT molecular complexity index is 559. The lowest BCUT2D eigenvalue weighted by Gasteiger charge is -2.14. The summed E-state index contributed by atoms with van der Waals surface area (Å²) in [5.41, 5.74) is 6.22. The Balaban J connectivity index is 2.91. The molecule has 1 atom stereocenters. The molecule has 0 aromatic heterocycles. The molecule has 21 heavy (non-hydrogen) atoms. The van der Waals surface area contributed by atoms with E-state index in [0.29, 0.717) is 11.4 Å². The Morgan fingerprint density at radius 2 is 2.00 bits per heavy atom. The summed E-state index contributed by atoms with van der Waals surface area (Å²) < 4.78 is 5.08. The molecule has 0 radical (unpaired) electrons. The Kier molecular flexibility index (Phi) is 5.67. The van der Waals surface area contributed by atoms with Gasteiger partial charge < -0.3 is 26.2 Å². The first-order valence-corrected chi connectivity index (χ1v) is 6.07. The van der Waals surface area contributed by atoms with E-state index in [1.807, 2.05) is 0 Å². The predicted molar refractivity (Wildman–Crippen MR) is 76.2 cm³/mol. The number of nitrogens with one attached hydrogen (secondary N) is 2. The molecule has 114 valence electrons. The standard InChI is InChI=1S/C13H17N3O5/c1-7(17)15-8-3-4-11(21-2)10(5-8)16-13(20)9(14)6-12(18)19/h3-5,9H,6,14H2,1-2H3,(H,15,17)(H,16,20)(H,18,19). The largest absolute Gasteiger partial charge is 0.495 e. The lowest BCUT2D eigenvalue weighted by Crippen LogP contribution is -2.37. The van der Waals surface area contributed by atoms with E-state index in [-0.39, 0.29) is 11.6 Å². The number of anilines is 2. The first-order chi connectivity index (χ1) is 9.83. The van der Waals surface area contributed by atoms with E-state index < -0.39 is 24.3 Å². The van der Waals surface area contributed by atoms with Crippen molar-refractivity contribution in [2.45, 2.75) is 19.4 Å². The summed E-state index contributed by atoms with van der Waals surface area (Å²) in [6, 6.07) is 3.47. The fraction of sp³-hybridized carbons (Fsp3) is 0.308. The van der Waals surface area contributed by atoms with Gasteiger partial charge in [-0.05, 0) is 18.2 Å². The van der Waals surface area contributed by atoms with E-state index in [0.717, 1.165) is 0 Å². The van der Waals surface area contributed by atoms with Gasteiger partial charge in [-0.15, -0.1) is 0 Å². The molecule has 1 aromatic carbocycles. The van der Waals surface area contributed by atoms with Crippen molar-refractivity contribution in [3.63, 3.8) is 0 Å². The van der Waals surface area contributed by atoms with Crippen LogP contribution in [0.5, 0.6) is 5.75 Å². The maximum atomic E-state index is 11.8. The van der Waals surface area contributed by atoms with Gasteiger partial charge in [0.15, 0.2) is 0 Å². The molecule has 8 nitrogen and oxygen atoms in total. The highest BCUT2D eigenvalue weighted by Gasteiger charge is 2.18. The highest BCUT2D eigenvalue weighted by atomic mass is 16.5. The summed E-state index contributed by atoms with van der Waals surface area (Å²) in [6.45, 7) is 1.35. The van der Waals surface area contributed by atoms with Gasteiger partial charge in [-0.3, -0.25) is 14.4 Å². The summed E-state index contributed by atoms with van der Waals surface area (Å²) in [5.74, 6) is -1.73. The van der Waals surface area contributed by atoms with Crippen LogP contribution in [0.25, 0.3) is 0 Å². The maximum Gasteiger partial charge on any atom is 0.305 e. The van der Waals surface area contributed by atoms with Gasteiger partial charge in [0.1, 0.15) is 5.75 Å². The van der Waals surface area contributed by atoms with E-state index in [1.54, 1.807) is 12.1 Å². The van der Waals surface area contributed by atoms with Crippen molar-refractivity contribution in [1.29, 1.82) is 0 Å². The third-order valence-corrected chi connectivity index (χ3v) is 2.51. The molecule has 2 amide bonds. The molecule has 0 aliphatic carbocycles. The molecule has 0 spiro atoms. The van der Waals surface area contributed by atoms with Crippen LogP contribution in [0, 0.1) is 0 Å². The molecular weight excluding hydrogens is 278 g/mol. The number of benzene rings is 1. The van der Waals surface area contributed by atoms with Crippen molar-refractivity contribution in [1.82, 2.24) is 0 Å². The number of carboxylic acid groups (broad SMARTS) is 1. The fourth-order valence-electron chi connectivity index (χ4n) is 1.59. The molecule has 5 N–H and O–H groups in total. The molecule has 0 heterocycles. The van der Waals surface area contributed by atoms with E-state index in [1.165, 1.54) is 20.1 Å². The van der Waals surface area contributed by atoms with Crippen molar-refractivity contribution in [2.24, 2.45) is 5.73 Å². The van der Waals surface area contributed by atoms with Crippen LogP contribution in [0.1, 0.15) is 13.3 Å². The number of carbonyl (C=O) groups excluding carboxylic acids is 2. The first-order valence-electron chi connectivity index (χ1n) is 6.07. The van der Waals surface area contributed by atoms with E-state index >= 15 is 0 Å². The Hall–Kier alpha value is -2.61. The Morgan fingerprint density at radius 1 is 1.33 bits per heavy atom. The second kappa shape index (κ2) is 7.25. The van der Waals surface area contributed by atoms with Crippen molar-refractivity contribution >= 4 is 29.2 Å². The zero-order valence-electron chi connectivity index (χ0n) is 11.7. The second-order valence-corrected chi connectivity index (χ2v) is 4.29. The van der Waals surface area contributed by atoms with Crippen LogP contribution in [0.2, 0.25) is 0 Å². The summed E-state index contributed by atoms with van der Waals surface area (Å²) in [7, 11) is 1.42. The van der Waals surface area contributed by atoms with Gasteiger partial charge in [-0.1, -0.05) is 0 Å². The maximum absolute atomic E-state index is 11.8. The summed E-state index contributed by atoms with van der Waals surface area (Å²) in [6.07, 6.45) is -0.487. The van der Waals surface area contributed by atoms with Gasteiger partial charge in [0.05, 0.1) is 25.3 Å². The van der Waals surface area contributed by atoms with Crippen molar-refractivity contribution in [3.8, 4) is 5.75 Å². The van der Waals surface area contributed by atoms with E-state index in [2.05, 4.69) is 10.6 Å². The highest BCUT2D eigenvalue weighted by molar-refractivity contribution is 5.98. The molecular formula is C13H17N3O5. The van der Waals surface area contributed by atoms with Crippen LogP contribution in [0.3, 0.4) is 0 Å². The van der Waals surface area contributed by atoms with Crippen LogP contribution >= 0.6 is 0 Å². The lowest BCUT2D eigenvalue weighted by atomic mass is 10.2. The lowest BCUT2D eigenvalue weighted by molar-refractivity contribution is -0.138. The quantitative estimate of drug-likeness (QED) is 0.600. The van der Waals surface area contributed by atoms with Gasteiger partial charge in [0.25, 0.3) is 0 Å². The number of rotatable bonds is 6. The normalized spacial score (nSPS) is 11.4. The number of methoxy groups -OCH3 is 1. The minimum Gasteiger partial charge on any atom is -0.495 e. The van der Waals surface area contributed by atoms with Gasteiger partial charge in [-0.2, -0.15) is 0 Å². The molecule has 0 saturated carbocycles. The molecule has 1 unspecified atom stereocenters. The zero-order valence-corrected chi connectivity index (χ0v) is 11.7. The molecule has 0 bridgehead atoms. The number of amides is 2. The second-order valence-electron chi connectivity index (χ2n) is 4.29. The van der Waals surface area contributed by atoms with Crippen molar-refractivity contribution in [3.05, 3.63) is 18.2 Å². The Morgan fingerprint density at radius 3 is 2.52 bits per heavy atom. The van der Waals surface area contributed by atoms with Crippen LogP contribution < -0.4 is 21.1 Å². The van der Waals surface area contributed by atoms with Crippen LogP contribution in [0.4, 0.5) is 11.4 Å². The molecule has 1 aromatic rings. The van der Waals surface area contributed by atoms with Gasteiger partial charge in [0.2, 0.25) is 11.8 Å². The molecule has 0 fully saturated rings. The smallest absolute Gasteiger partial charge is 0.305 e. The number of carboxylic acids is 1. The summed E-state index contributed by atoms with van der Waals surface area (Å²) >= 11 is 0. The number of ether oxygens (including phenoxy) is 1. The molecule has 1 rings (SSSR count). The third kappa shape index (κ3) is 5.11. The topological polar surface area (TPSA) is 131 Å². The minimum atomic E-state index is -1.18. The number of aliphatic carboxylic acids is 1. The predicted octanol–water partition coefficient (Wildman–Crippen LogP) is 0.394. The zero-order chi connectivity index (χ0) is 16.0. The van der Waals surface area contributed by atoms with Gasteiger partial charge in [-0.25, -0.2) is 0 Å². The monoisotopic (exact) mass is 295 g/mol. The minimum absolute atomic E-state index is 0.264. The average molecular weight is 295 g/mol. The number of hydrogen-bond acceptors (Lipinski definition) is 5. The average Bonchev–Trinajstić information content (AvgIpc) is 2.37. The van der Waals surface area contributed by atoms with Crippen LogP contribution in [-0.2, 0) is 14.4 Å². The number of carbonyl (C=O) groups is 3.